The molecule has 0 atom stereocenters. The van der Waals surface area contributed by atoms with Crippen molar-refractivity contribution in [2.24, 2.45) is 0 Å². The van der Waals surface area contributed by atoms with Gasteiger partial charge in [-0.15, -0.1) is 0 Å². The van der Waals surface area contributed by atoms with E-state index in [9.17, 15) is 8.42 Å². The van der Waals surface area contributed by atoms with Gasteiger partial charge < -0.3 is 0 Å². The lowest BCUT2D eigenvalue weighted by Gasteiger charge is -2.07. The second-order valence-corrected chi connectivity index (χ2v) is 7.00. The molecule has 0 N–H and O–H groups in total. The van der Waals surface area contributed by atoms with Crippen molar-refractivity contribution in [3.63, 3.8) is 0 Å². The summed E-state index contributed by atoms with van der Waals surface area (Å²) in [6, 6.07) is 17.7. The Kier molecular flexibility index (Phi) is 3.89. The Hall–Kier alpha value is -1.52. The summed E-state index contributed by atoms with van der Waals surface area (Å²) in [5.74, 6) is 0. The maximum absolute atomic E-state index is 12.2. The summed E-state index contributed by atoms with van der Waals surface area (Å²) in [5.41, 5.74) is 0. The number of rotatable bonds is 4. The van der Waals surface area contributed by atoms with Crippen molar-refractivity contribution in [2.75, 3.05) is 0 Å². The summed E-state index contributed by atoms with van der Waals surface area (Å²) >= 11 is 1.16. The molecule has 0 aliphatic carbocycles. The summed E-state index contributed by atoms with van der Waals surface area (Å²) in [6.07, 6.45) is 0. The summed E-state index contributed by atoms with van der Waals surface area (Å²) in [6.45, 7) is 3.67. The van der Waals surface area contributed by atoms with Crippen molar-refractivity contribution >= 4 is 21.6 Å². The number of hydrogen-bond donors (Lipinski definition) is 0. The summed E-state index contributed by atoms with van der Waals surface area (Å²) in [5, 5.41) is 0. The van der Waals surface area contributed by atoms with E-state index in [1.165, 1.54) is 0 Å². The van der Waals surface area contributed by atoms with E-state index in [1.54, 1.807) is 30.3 Å². The van der Waals surface area contributed by atoms with Crippen molar-refractivity contribution in [3.05, 3.63) is 71.5 Å². The van der Waals surface area contributed by atoms with Crippen molar-refractivity contribution in [1.82, 2.24) is 0 Å². The van der Waals surface area contributed by atoms with Crippen molar-refractivity contribution < 1.29 is 8.42 Å². The molecule has 0 aromatic heterocycles. The number of benzene rings is 2. The van der Waals surface area contributed by atoms with E-state index < -0.39 is 9.84 Å². The Morgan fingerprint density at radius 3 is 1.94 bits per heavy atom. The Labute approximate surface area is 111 Å². The monoisotopic (exact) mass is 276 g/mol. The Morgan fingerprint density at radius 2 is 1.39 bits per heavy atom. The average molecular weight is 276 g/mol. The third-order valence-corrected chi connectivity index (χ3v) is 5.46. The second-order valence-electron chi connectivity index (χ2n) is 3.60. The molecule has 0 radical (unpaired) electrons. The van der Waals surface area contributed by atoms with Crippen LogP contribution >= 0.6 is 11.8 Å². The fourth-order valence-corrected chi connectivity index (χ4v) is 3.76. The molecule has 4 heteroatoms. The van der Waals surface area contributed by atoms with Gasteiger partial charge in [0.05, 0.1) is 4.90 Å². The van der Waals surface area contributed by atoms with Crippen LogP contribution in [0.15, 0.2) is 81.3 Å². The number of thioether (sulfide) groups is 1. The van der Waals surface area contributed by atoms with E-state index in [0.717, 1.165) is 16.7 Å². The molecule has 0 bridgehead atoms. The van der Waals surface area contributed by atoms with Crippen LogP contribution in [-0.2, 0) is 9.84 Å². The lowest BCUT2D eigenvalue weighted by Crippen LogP contribution is -2.00. The van der Waals surface area contributed by atoms with E-state index in [0.29, 0.717) is 0 Å². The molecule has 2 aromatic rings. The molecule has 0 heterocycles. The fourth-order valence-electron chi connectivity index (χ4n) is 1.41. The molecule has 2 nitrogen and oxygen atoms in total. The fraction of sp³-hybridized carbons (Fsp3) is 0. The molecular formula is C14H12O2S2. The maximum Gasteiger partial charge on any atom is 0.212 e. The molecule has 92 valence electrons. The predicted molar refractivity (Wildman–Crippen MR) is 75.1 cm³/mol. The van der Waals surface area contributed by atoms with Gasteiger partial charge in [0.2, 0.25) is 9.84 Å². The first-order valence-electron chi connectivity index (χ1n) is 5.32. The Morgan fingerprint density at radius 1 is 0.889 bits per heavy atom. The highest BCUT2D eigenvalue weighted by Crippen LogP contribution is 2.32. The second kappa shape index (κ2) is 5.42. The minimum atomic E-state index is -3.47. The van der Waals surface area contributed by atoms with Gasteiger partial charge in [-0.25, -0.2) is 8.42 Å². The molecule has 0 aliphatic rings. The summed E-state index contributed by atoms with van der Waals surface area (Å²) in [7, 11) is -3.47. The molecule has 0 unspecified atom stereocenters. The van der Waals surface area contributed by atoms with Gasteiger partial charge in [0, 0.05) is 4.90 Å². The van der Waals surface area contributed by atoms with Gasteiger partial charge in [0.1, 0.15) is 4.24 Å². The smallest absolute Gasteiger partial charge is 0.212 e. The quantitative estimate of drug-likeness (QED) is 0.798. The van der Waals surface area contributed by atoms with Gasteiger partial charge in [-0.05, 0) is 24.3 Å². The molecule has 0 saturated carbocycles. The Balaban J connectivity index is 2.25. The van der Waals surface area contributed by atoms with Crippen LogP contribution in [0.1, 0.15) is 0 Å². The molecule has 18 heavy (non-hydrogen) atoms. The number of sulfone groups is 1. The topological polar surface area (TPSA) is 34.1 Å². The van der Waals surface area contributed by atoms with Gasteiger partial charge in [-0.2, -0.15) is 0 Å². The van der Waals surface area contributed by atoms with Crippen LogP contribution in [0.2, 0.25) is 0 Å². The zero-order valence-electron chi connectivity index (χ0n) is 9.61. The molecule has 2 rings (SSSR count). The van der Waals surface area contributed by atoms with Crippen molar-refractivity contribution in [3.8, 4) is 0 Å². The third kappa shape index (κ3) is 2.83. The van der Waals surface area contributed by atoms with Gasteiger partial charge in [-0.1, -0.05) is 54.7 Å². The predicted octanol–water partition coefficient (Wildman–Crippen LogP) is 3.72. The highest BCUT2D eigenvalue weighted by atomic mass is 32.3. The zero-order chi connectivity index (χ0) is 13.0. The lowest BCUT2D eigenvalue weighted by molar-refractivity contribution is 0.604. The van der Waals surface area contributed by atoms with Crippen LogP contribution in [-0.4, -0.2) is 8.42 Å². The van der Waals surface area contributed by atoms with Crippen molar-refractivity contribution in [2.45, 2.75) is 9.79 Å². The molecule has 0 fully saturated rings. The third-order valence-electron chi connectivity index (χ3n) is 2.33. The molecule has 0 aliphatic heterocycles. The molecule has 2 aromatic carbocycles. The highest BCUT2D eigenvalue weighted by Gasteiger charge is 2.19. The van der Waals surface area contributed by atoms with Crippen LogP contribution in [0.3, 0.4) is 0 Å². The van der Waals surface area contributed by atoms with Gasteiger partial charge in [0.15, 0.2) is 0 Å². The maximum atomic E-state index is 12.2. The molecule has 0 spiro atoms. The SMILES string of the molecule is C=C(Sc1ccccc1)S(=O)(=O)c1ccccc1. The molecule has 0 amide bonds. The summed E-state index contributed by atoms with van der Waals surface area (Å²) in [4.78, 5) is 1.14. The van der Waals surface area contributed by atoms with Crippen LogP contribution in [0.25, 0.3) is 0 Å². The van der Waals surface area contributed by atoms with E-state index >= 15 is 0 Å². The van der Waals surface area contributed by atoms with E-state index in [4.69, 9.17) is 0 Å². The Bertz CT molecular complexity index is 632. The summed E-state index contributed by atoms with van der Waals surface area (Å²) < 4.78 is 24.6. The lowest BCUT2D eigenvalue weighted by atomic mass is 10.4. The average Bonchev–Trinajstić information content (AvgIpc) is 2.41. The first kappa shape index (κ1) is 12.9. The standard InChI is InChI=1S/C14H12O2S2/c1-12(17-13-8-4-2-5-9-13)18(15,16)14-10-6-3-7-11-14/h2-11H,1H2. The van der Waals surface area contributed by atoms with Crippen LogP contribution < -0.4 is 0 Å². The minimum absolute atomic E-state index is 0.139. The van der Waals surface area contributed by atoms with E-state index in [2.05, 4.69) is 6.58 Å². The van der Waals surface area contributed by atoms with Gasteiger partial charge in [-0.3, -0.25) is 0 Å². The minimum Gasteiger partial charge on any atom is -0.218 e. The van der Waals surface area contributed by atoms with Crippen LogP contribution in [0, 0.1) is 0 Å². The first-order chi connectivity index (χ1) is 8.60. The van der Waals surface area contributed by atoms with Crippen LogP contribution in [0.4, 0.5) is 0 Å². The molecule has 0 saturated heterocycles. The molecular weight excluding hydrogens is 264 g/mol. The van der Waals surface area contributed by atoms with Gasteiger partial charge in [0.25, 0.3) is 0 Å². The highest BCUT2D eigenvalue weighted by molar-refractivity contribution is 8.18. The van der Waals surface area contributed by atoms with Crippen molar-refractivity contribution in [1.29, 1.82) is 0 Å². The van der Waals surface area contributed by atoms with E-state index in [1.807, 2.05) is 30.3 Å². The first-order valence-corrected chi connectivity index (χ1v) is 7.62. The normalized spacial score (nSPS) is 11.1. The van der Waals surface area contributed by atoms with Crippen LogP contribution in [0.5, 0.6) is 0 Å². The zero-order valence-corrected chi connectivity index (χ0v) is 11.2. The number of hydrogen-bond acceptors (Lipinski definition) is 3. The largest absolute Gasteiger partial charge is 0.218 e. The van der Waals surface area contributed by atoms with Gasteiger partial charge >= 0.3 is 0 Å². The van der Waals surface area contributed by atoms with E-state index in [-0.39, 0.29) is 9.13 Å².